The Morgan fingerprint density at radius 3 is 2.90 bits per heavy atom. The van der Waals surface area contributed by atoms with Crippen molar-refractivity contribution in [1.29, 1.82) is 0 Å². The molecule has 3 N–H and O–H groups in total. The first kappa shape index (κ1) is 16.1. The van der Waals surface area contributed by atoms with Gasteiger partial charge < -0.3 is 15.8 Å². The number of nitrogens with zero attached hydrogens (tertiary/aromatic N) is 1. The molecule has 0 bridgehead atoms. The number of benzene rings is 1. The highest BCUT2D eigenvalue weighted by Gasteiger charge is 2.17. The third-order valence-electron chi connectivity index (χ3n) is 3.61. The van der Waals surface area contributed by atoms with Gasteiger partial charge in [0, 0.05) is 24.8 Å². The van der Waals surface area contributed by atoms with Gasteiger partial charge in [0.1, 0.15) is 0 Å². The van der Waals surface area contributed by atoms with Crippen molar-refractivity contribution in [2.75, 3.05) is 44.4 Å². The lowest BCUT2D eigenvalue weighted by atomic mass is 10.00. The van der Waals surface area contributed by atoms with Crippen LogP contribution in [0.1, 0.15) is 12.8 Å². The molecule has 0 aromatic heterocycles. The number of amides is 1. The molecule has 5 nitrogen and oxygen atoms in total. The predicted octanol–water partition coefficient (Wildman–Crippen LogP) is 2.22. The summed E-state index contributed by atoms with van der Waals surface area (Å²) in [5.41, 5.74) is 6.89. The van der Waals surface area contributed by atoms with Crippen molar-refractivity contribution in [2.24, 2.45) is 5.92 Å². The van der Waals surface area contributed by atoms with E-state index >= 15 is 0 Å². The minimum atomic E-state index is -0.0847. The molecule has 0 saturated carbocycles. The molecule has 21 heavy (non-hydrogen) atoms. The summed E-state index contributed by atoms with van der Waals surface area (Å²) in [6.45, 7) is 2.89. The number of carbonyl (C=O) groups excluding carboxylic acids is 1. The maximum atomic E-state index is 12.1. The number of anilines is 2. The Kier molecular flexibility index (Phi) is 5.85. The smallest absolute Gasteiger partial charge is 0.238 e. The number of nitrogens with one attached hydrogen (secondary N) is 1. The Labute approximate surface area is 130 Å². The molecular weight excluding hydrogens is 290 g/mol. The quantitative estimate of drug-likeness (QED) is 0.818. The normalized spacial score (nSPS) is 16.1. The summed E-state index contributed by atoms with van der Waals surface area (Å²) in [6.07, 6.45) is 2.13. The van der Waals surface area contributed by atoms with Crippen LogP contribution < -0.4 is 11.1 Å². The van der Waals surface area contributed by atoms with Crippen LogP contribution in [-0.4, -0.2) is 44.2 Å². The van der Waals surface area contributed by atoms with Crippen LogP contribution in [0.25, 0.3) is 0 Å². The summed E-state index contributed by atoms with van der Waals surface area (Å²) >= 11 is 5.91. The molecule has 1 aromatic carbocycles. The number of halogens is 1. The van der Waals surface area contributed by atoms with Crippen LogP contribution in [0.15, 0.2) is 18.2 Å². The molecule has 1 aromatic rings. The van der Waals surface area contributed by atoms with Gasteiger partial charge in [0.25, 0.3) is 0 Å². The Hall–Kier alpha value is -1.30. The van der Waals surface area contributed by atoms with Gasteiger partial charge in [-0.3, -0.25) is 9.69 Å². The van der Waals surface area contributed by atoms with Gasteiger partial charge >= 0.3 is 0 Å². The van der Waals surface area contributed by atoms with E-state index in [9.17, 15) is 4.79 Å². The molecule has 6 heteroatoms. The molecule has 0 atom stereocenters. The SMILES string of the molecule is CN(CC(=O)Nc1cc(Cl)ccc1N)CC1CCOCC1. The molecule has 2 rings (SSSR count). The first-order chi connectivity index (χ1) is 10.0. The van der Waals surface area contributed by atoms with Crippen LogP contribution in [0, 0.1) is 5.92 Å². The minimum Gasteiger partial charge on any atom is -0.397 e. The van der Waals surface area contributed by atoms with Crippen molar-refractivity contribution >= 4 is 28.9 Å². The molecule has 1 heterocycles. The second-order valence-corrected chi connectivity index (χ2v) is 5.97. The summed E-state index contributed by atoms with van der Waals surface area (Å²) < 4.78 is 5.34. The standard InChI is InChI=1S/C15H22ClN3O2/c1-19(9-11-4-6-21-7-5-11)10-15(20)18-14-8-12(16)2-3-13(14)17/h2-3,8,11H,4-7,9-10,17H2,1H3,(H,18,20). The van der Waals surface area contributed by atoms with E-state index in [-0.39, 0.29) is 5.91 Å². The van der Waals surface area contributed by atoms with Crippen molar-refractivity contribution < 1.29 is 9.53 Å². The monoisotopic (exact) mass is 311 g/mol. The third-order valence-corrected chi connectivity index (χ3v) is 3.85. The Bertz CT molecular complexity index is 490. The van der Waals surface area contributed by atoms with E-state index in [2.05, 4.69) is 5.32 Å². The molecule has 0 spiro atoms. The van der Waals surface area contributed by atoms with Gasteiger partial charge in [0.15, 0.2) is 0 Å². The van der Waals surface area contributed by atoms with Gasteiger partial charge in [-0.25, -0.2) is 0 Å². The van der Waals surface area contributed by atoms with Crippen molar-refractivity contribution in [2.45, 2.75) is 12.8 Å². The molecule has 116 valence electrons. The fourth-order valence-corrected chi connectivity index (χ4v) is 2.68. The summed E-state index contributed by atoms with van der Waals surface area (Å²) in [7, 11) is 1.95. The Morgan fingerprint density at radius 1 is 1.48 bits per heavy atom. The summed E-state index contributed by atoms with van der Waals surface area (Å²) in [4.78, 5) is 14.1. The van der Waals surface area contributed by atoms with Crippen molar-refractivity contribution in [3.8, 4) is 0 Å². The molecule has 1 aliphatic heterocycles. The van der Waals surface area contributed by atoms with Crippen LogP contribution in [0.4, 0.5) is 11.4 Å². The van der Waals surface area contributed by atoms with E-state index in [0.29, 0.717) is 28.9 Å². The van der Waals surface area contributed by atoms with Crippen LogP contribution in [-0.2, 0) is 9.53 Å². The maximum absolute atomic E-state index is 12.1. The average molecular weight is 312 g/mol. The molecule has 1 aliphatic rings. The number of ether oxygens (including phenoxy) is 1. The van der Waals surface area contributed by atoms with Crippen molar-refractivity contribution in [1.82, 2.24) is 4.90 Å². The lowest BCUT2D eigenvalue weighted by Crippen LogP contribution is -2.35. The summed E-state index contributed by atoms with van der Waals surface area (Å²) in [5.74, 6) is 0.520. The van der Waals surface area contributed by atoms with Crippen LogP contribution in [0.5, 0.6) is 0 Å². The number of nitrogens with two attached hydrogens (primary N) is 1. The molecule has 0 radical (unpaired) electrons. The van der Waals surface area contributed by atoms with E-state index in [1.54, 1.807) is 18.2 Å². The second kappa shape index (κ2) is 7.64. The van der Waals surface area contributed by atoms with E-state index in [0.717, 1.165) is 32.6 Å². The Balaban J connectivity index is 1.81. The van der Waals surface area contributed by atoms with Gasteiger partial charge in [-0.15, -0.1) is 0 Å². The van der Waals surface area contributed by atoms with Gasteiger partial charge in [-0.1, -0.05) is 11.6 Å². The molecule has 1 fully saturated rings. The first-order valence-electron chi connectivity index (χ1n) is 7.16. The van der Waals surface area contributed by atoms with E-state index in [4.69, 9.17) is 22.1 Å². The molecular formula is C15H22ClN3O2. The van der Waals surface area contributed by atoms with E-state index in [1.165, 1.54) is 0 Å². The highest BCUT2D eigenvalue weighted by molar-refractivity contribution is 6.31. The first-order valence-corrected chi connectivity index (χ1v) is 7.53. The van der Waals surface area contributed by atoms with Gasteiger partial charge in [-0.2, -0.15) is 0 Å². The molecule has 1 saturated heterocycles. The molecule has 0 aliphatic carbocycles. The number of hydrogen-bond acceptors (Lipinski definition) is 4. The fraction of sp³-hybridized carbons (Fsp3) is 0.533. The topological polar surface area (TPSA) is 67.6 Å². The molecule has 1 amide bonds. The van der Waals surface area contributed by atoms with E-state index < -0.39 is 0 Å². The predicted molar refractivity (Wildman–Crippen MR) is 85.5 cm³/mol. The van der Waals surface area contributed by atoms with Crippen LogP contribution in [0.2, 0.25) is 5.02 Å². The molecule has 0 unspecified atom stereocenters. The Morgan fingerprint density at radius 2 is 2.19 bits per heavy atom. The zero-order valence-corrected chi connectivity index (χ0v) is 13.0. The zero-order chi connectivity index (χ0) is 15.2. The van der Waals surface area contributed by atoms with E-state index in [1.807, 2.05) is 11.9 Å². The largest absolute Gasteiger partial charge is 0.397 e. The zero-order valence-electron chi connectivity index (χ0n) is 12.3. The van der Waals surface area contributed by atoms with Crippen LogP contribution >= 0.6 is 11.6 Å². The number of hydrogen-bond donors (Lipinski definition) is 2. The number of nitrogen functional groups attached to an aromatic ring is 1. The second-order valence-electron chi connectivity index (χ2n) is 5.53. The number of likely N-dealkylation sites (N-methyl/N-ethyl adjacent to an activating group) is 1. The fourth-order valence-electron chi connectivity index (χ4n) is 2.51. The summed E-state index contributed by atoms with van der Waals surface area (Å²) in [6, 6.07) is 5.04. The van der Waals surface area contributed by atoms with Gasteiger partial charge in [-0.05, 0) is 44.0 Å². The number of rotatable bonds is 5. The van der Waals surface area contributed by atoms with Gasteiger partial charge in [0.2, 0.25) is 5.91 Å². The van der Waals surface area contributed by atoms with Crippen LogP contribution in [0.3, 0.4) is 0 Å². The highest BCUT2D eigenvalue weighted by Crippen LogP contribution is 2.23. The summed E-state index contributed by atoms with van der Waals surface area (Å²) in [5, 5.41) is 3.36. The average Bonchev–Trinajstić information content (AvgIpc) is 2.43. The third kappa shape index (κ3) is 5.19. The number of carbonyl (C=O) groups is 1. The van der Waals surface area contributed by atoms with Crippen molar-refractivity contribution in [3.05, 3.63) is 23.2 Å². The lowest BCUT2D eigenvalue weighted by molar-refractivity contribution is -0.117. The minimum absolute atomic E-state index is 0.0847. The van der Waals surface area contributed by atoms with Gasteiger partial charge in [0.05, 0.1) is 17.9 Å². The van der Waals surface area contributed by atoms with Crippen molar-refractivity contribution in [3.63, 3.8) is 0 Å². The maximum Gasteiger partial charge on any atom is 0.238 e. The lowest BCUT2D eigenvalue weighted by Gasteiger charge is -2.26. The highest BCUT2D eigenvalue weighted by atomic mass is 35.5.